The van der Waals surface area contributed by atoms with E-state index in [1.54, 1.807) is 0 Å². The third-order valence-corrected chi connectivity index (χ3v) is 2.95. The maximum Gasteiger partial charge on any atom is 0.259 e. The molecule has 0 aliphatic heterocycles. The Morgan fingerprint density at radius 1 is 1.50 bits per heavy atom. The van der Waals surface area contributed by atoms with Crippen LogP contribution in [0.5, 0.6) is 0 Å². The summed E-state index contributed by atoms with van der Waals surface area (Å²) in [6.07, 6.45) is 6.20. The van der Waals surface area contributed by atoms with Crippen molar-refractivity contribution < 1.29 is 9.53 Å². The first kappa shape index (κ1) is 11.5. The molecule has 0 aromatic heterocycles. The van der Waals surface area contributed by atoms with Crippen LogP contribution < -0.4 is 11.3 Å². The van der Waals surface area contributed by atoms with Crippen molar-refractivity contribution in [3.8, 4) is 0 Å². The zero-order valence-corrected chi connectivity index (χ0v) is 8.79. The maximum atomic E-state index is 10.9. The average molecular weight is 200 g/mol. The van der Waals surface area contributed by atoms with Crippen molar-refractivity contribution in [3.63, 3.8) is 0 Å². The Morgan fingerprint density at radius 2 is 2.21 bits per heavy atom. The molecule has 0 spiro atoms. The van der Waals surface area contributed by atoms with E-state index < -0.39 is 0 Å². The molecule has 1 rings (SSSR count). The molecule has 1 aliphatic carbocycles. The molecular weight excluding hydrogens is 180 g/mol. The topological polar surface area (TPSA) is 64.3 Å². The molecule has 1 aliphatic rings. The van der Waals surface area contributed by atoms with Crippen LogP contribution in [0.25, 0.3) is 0 Å². The Labute approximate surface area is 85.2 Å². The second kappa shape index (κ2) is 5.98. The normalized spacial score (nSPS) is 27.3. The Balaban J connectivity index is 2.29. The van der Waals surface area contributed by atoms with Crippen LogP contribution in [-0.4, -0.2) is 18.6 Å². The molecule has 0 radical (unpaired) electrons. The summed E-state index contributed by atoms with van der Waals surface area (Å²) in [6, 6.07) is 0. The van der Waals surface area contributed by atoms with Crippen molar-refractivity contribution in [1.82, 2.24) is 5.43 Å². The minimum atomic E-state index is -0.245. The molecule has 0 heterocycles. The Morgan fingerprint density at radius 3 is 2.86 bits per heavy atom. The molecule has 1 amide bonds. The SMILES string of the molecule is CCC1CCCCC1OCC(=O)NN. The molecule has 1 saturated carbocycles. The Bertz CT molecular complexity index is 185. The van der Waals surface area contributed by atoms with Crippen LogP contribution in [0, 0.1) is 5.92 Å². The van der Waals surface area contributed by atoms with Gasteiger partial charge in [-0.25, -0.2) is 5.84 Å². The van der Waals surface area contributed by atoms with Gasteiger partial charge >= 0.3 is 0 Å². The predicted molar refractivity (Wildman–Crippen MR) is 54.3 cm³/mol. The molecule has 0 aromatic rings. The molecule has 0 aromatic carbocycles. The zero-order valence-electron chi connectivity index (χ0n) is 8.79. The van der Waals surface area contributed by atoms with Gasteiger partial charge < -0.3 is 4.74 Å². The van der Waals surface area contributed by atoms with Crippen molar-refractivity contribution in [3.05, 3.63) is 0 Å². The van der Waals surface area contributed by atoms with Crippen molar-refractivity contribution in [2.75, 3.05) is 6.61 Å². The summed E-state index contributed by atoms with van der Waals surface area (Å²) < 4.78 is 5.55. The van der Waals surface area contributed by atoms with E-state index >= 15 is 0 Å². The summed E-state index contributed by atoms with van der Waals surface area (Å²) in [5.41, 5.74) is 2.07. The monoisotopic (exact) mass is 200 g/mol. The molecule has 3 N–H and O–H groups in total. The van der Waals surface area contributed by atoms with Crippen LogP contribution in [0.2, 0.25) is 0 Å². The van der Waals surface area contributed by atoms with Crippen molar-refractivity contribution in [1.29, 1.82) is 0 Å². The standard InChI is InChI=1S/C10H20N2O2/c1-2-8-5-3-4-6-9(8)14-7-10(13)12-11/h8-9H,2-7,11H2,1H3,(H,12,13). The summed E-state index contributed by atoms with van der Waals surface area (Å²) in [7, 11) is 0. The third kappa shape index (κ3) is 3.27. The van der Waals surface area contributed by atoms with E-state index in [-0.39, 0.29) is 18.6 Å². The van der Waals surface area contributed by atoms with Gasteiger partial charge in [0, 0.05) is 0 Å². The summed E-state index contributed by atoms with van der Waals surface area (Å²) >= 11 is 0. The van der Waals surface area contributed by atoms with E-state index in [1.165, 1.54) is 19.3 Å². The largest absolute Gasteiger partial charge is 0.368 e. The second-order valence-corrected chi connectivity index (χ2v) is 3.87. The number of amides is 1. The number of hydrazine groups is 1. The summed E-state index contributed by atoms with van der Waals surface area (Å²) in [4.78, 5) is 10.9. The number of carbonyl (C=O) groups excluding carboxylic acids is 1. The highest BCUT2D eigenvalue weighted by Crippen LogP contribution is 2.28. The fraction of sp³-hybridized carbons (Fsp3) is 0.900. The fourth-order valence-corrected chi connectivity index (χ4v) is 2.08. The van der Waals surface area contributed by atoms with Gasteiger partial charge in [-0.3, -0.25) is 10.2 Å². The number of nitrogens with one attached hydrogen (secondary N) is 1. The highest BCUT2D eigenvalue weighted by molar-refractivity contribution is 5.76. The number of nitrogens with two attached hydrogens (primary N) is 1. The van der Waals surface area contributed by atoms with E-state index in [0.717, 1.165) is 12.8 Å². The van der Waals surface area contributed by atoms with Gasteiger partial charge in [0.1, 0.15) is 6.61 Å². The summed E-state index contributed by atoms with van der Waals surface area (Å²) in [6.45, 7) is 2.27. The molecule has 4 nitrogen and oxygen atoms in total. The van der Waals surface area contributed by atoms with Crippen LogP contribution in [0.4, 0.5) is 0 Å². The lowest BCUT2D eigenvalue weighted by atomic mass is 9.85. The lowest BCUT2D eigenvalue weighted by Gasteiger charge is -2.30. The van der Waals surface area contributed by atoms with Gasteiger partial charge in [-0.2, -0.15) is 0 Å². The first-order valence-electron chi connectivity index (χ1n) is 5.39. The zero-order chi connectivity index (χ0) is 10.4. The second-order valence-electron chi connectivity index (χ2n) is 3.87. The van der Waals surface area contributed by atoms with Gasteiger partial charge in [-0.1, -0.05) is 26.2 Å². The molecule has 0 bridgehead atoms. The third-order valence-electron chi connectivity index (χ3n) is 2.95. The predicted octanol–water partition coefficient (Wildman–Crippen LogP) is 0.962. The van der Waals surface area contributed by atoms with E-state index in [4.69, 9.17) is 10.6 Å². The smallest absolute Gasteiger partial charge is 0.259 e. The molecule has 82 valence electrons. The maximum absolute atomic E-state index is 10.9. The number of ether oxygens (including phenoxy) is 1. The highest BCUT2D eigenvalue weighted by atomic mass is 16.5. The van der Waals surface area contributed by atoms with Gasteiger partial charge in [0.2, 0.25) is 0 Å². The van der Waals surface area contributed by atoms with Crippen LogP contribution in [-0.2, 0) is 9.53 Å². The van der Waals surface area contributed by atoms with E-state index in [1.807, 2.05) is 0 Å². The van der Waals surface area contributed by atoms with E-state index in [9.17, 15) is 4.79 Å². The average Bonchev–Trinajstić information content (AvgIpc) is 2.26. The minimum absolute atomic E-state index is 0.0949. The van der Waals surface area contributed by atoms with Gasteiger partial charge in [0.05, 0.1) is 6.10 Å². The van der Waals surface area contributed by atoms with Crippen LogP contribution >= 0.6 is 0 Å². The molecular formula is C10H20N2O2. The minimum Gasteiger partial charge on any atom is -0.368 e. The number of hydrogen-bond donors (Lipinski definition) is 2. The first-order chi connectivity index (χ1) is 6.77. The van der Waals surface area contributed by atoms with Crippen molar-refractivity contribution >= 4 is 5.91 Å². The van der Waals surface area contributed by atoms with Crippen molar-refractivity contribution in [2.45, 2.75) is 45.1 Å². The van der Waals surface area contributed by atoms with Crippen LogP contribution in [0.3, 0.4) is 0 Å². The highest BCUT2D eigenvalue weighted by Gasteiger charge is 2.24. The molecule has 4 heteroatoms. The lowest BCUT2D eigenvalue weighted by molar-refractivity contribution is -0.130. The summed E-state index contributed by atoms with van der Waals surface area (Å²) in [5.74, 6) is 5.35. The van der Waals surface area contributed by atoms with Crippen LogP contribution in [0.15, 0.2) is 0 Å². The van der Waals surface area contributed by atoms with Crippen LogP contribution in [0.1, 0.15) is 39.0 Å². The van der Waals surface area contributed by atoms with Gasteiger partial charge in [-0.15, -0.1) is 0 Å². The molecule has 14 heavy (non-hydrogen) atoms. The first-order valence-corrected chi connectivity index (χ1v) is 5.39. The number of rotatable bonds is 4. The lowest BCUT2D eigenvalue weighted by Crippen LogP contribution is -2.36. The Hall–Kier alpha value is -0.610. The van der Waals surface area contributed by atoms with Gasteiger partial charge in [-0.05, 0) is 18.8 Å². The summed E-state index contributed by atoms with van der Waals surface area (Å²) in [5, 5.41) is 0. The van der Waals surface area contributed by atoms with Gasteiger partial charge in [0.25, 0.3) is 5.91 Å². The number of hydrogen-bond acceptors (Lipinski definition) is 3. The quantitative estimate of drug-likeness (QED) is 0.403. The molecule has 0 saturated heterocycles. The van der Waals surface area contributed by atoms with Gasteiger partial charge in [0.15, 0.2) is 0 Å². The molecule has 1 fully saturated rings. The van der Waals surface area contributed by atoms with E-state index in [2.05, 4.69) is 12.3 Å². The molecule has 2 unspecified atom stereocenters. The number of carbonyl (C=O) groups is 1. The fourth-order valence-electron chi connectivity index (χ4n) is 2.08. The Kier molecular flexibility index (Phi) is 4.90. The van der Waals surface area contributed by atoms with E-state index in [0.29, 0.717) is 5.92 Å². The van der Waals surface area contributed by atoms with Crippen molar-refractivity contribution in [2.24, 2.45) is 11.8 Å². The molecule has 2 atom stereocenters.